The molecule has 0 atom stereocenters. The number of aromatic nitrogens is 1. The van der Waals surface area contributed by atoms with E-state index < -0.39 is 0 Å². The van der Waals surface area contributed by atoms with Crippen molar-refractivity contribution < 1.29 is 14.3 Å². The van der Waals surface area contributed by atoms with Gasteiger partial charge in [-0.2, -0.15) is 0 Å². The Morgan fingerprint density at radius 1 is 1.29 bits per heavy atom. The van der Waals surface area contributed by atoms with Gasteiger partial charge in [0.15, 0.2) is 6.61 Å². The van der Waals surface area contributed by atoms with Gasteiger partial charge < -0.3 is 19.5 Å². The first-order chi connectivity index (χ1) is 11.5. The molecule has 0 radical (unpaired) electrons. The van der Waals surface area contributed by atoms with E-state index >= 15 is 0 Å². The van der Waals surface area contributed by atoms with E-state index in [9.17, 15) is 14.4 Å². The van der Waals surface area contributed by atoms with Crippen LogP contribution in [0.25, 0.3) is 0 Å². The molecule has 0 bridgehead atoms. The van der Waals surface area contributed by atoms with Crippen LogP contribution in [0.15, 0.2) is 41.3 Å². The number of nitrogens with zero attached hydrogens (tertiary/aromatic N) is 2. The second-order valence-corrected chi connectivity index (χ2v) is 5.60. The zero-order chi connectivity index (χ0) is 17.3. The lowest BCUT2D eigenvalue weighted by Crippen LogP contribution is -2.35. The summed E-state index contributed by atoms with van der Waals surface area (Å²) in [6.45, 7) is 1.63. The predicted molar refractivity (Wildman–Crippen MR) is 89.4 cm³/mol. The first kappa shape index (κ1) is 15.8. The number of carbonyl (C=O) groups excluding carboxylic acids is 2. The number of fused-ring (bicyclic) bond motifs is 1. The minimum Gasteiger partial charge on any atom is -0.482 e. The molecular formula is C17H17N3O4. The first-order valence-electron chi connectivity index (χ1n) is 7.45. The number of carbonyl (C=O) groups is 2. The molecule has 1 aliphatic heterocycles. The fourth-order valence-electron chi connectivity index (χ4n) is 2.49. The molecular weight excluding hydrogens is 310 g/mol. The Morgan fingerprint density at radius 3 is 2.88 bits per heavy atom. The summed E-state index contributed by atoms with van der Waals surface area (Å²) < 4.78 is 6.69. The highest BCUT2D eigenvalue weighted by atomic mass is 16.5. The van der Waals surface area contributed by atoms with Gasteiger partial charge in [-0.05, 0) is 31.2 Å². The minimum atomic E-state index is -0.326. The van der Waals surface area contributed by atoms with Gasteiger partial charge in [0.1, 0.15) is 12.3 Å². The molecule has 0 saturated carbocycles. The number of pyridine rings is 1. The van der Waals surface area contributed by atoms with Crippen LogP contribution in [0, 0.1) is 6.92 Å². The van der Waals surface area contributed by atoms with Gasteiger partial charge in [0.2, 0.25) is 5.91 Å². The summed E-state index contributed by atoms with van der Waals surface area (Å²) in [5.74, 6) is 0.107. The van der Waals surface area contributed by atoms with E-state index in [1.807, 2.05) is 0 Å². The Kier molecular flexibility index (Phi) is 4.07. The number of anilines is 2. The van der Waals surface area contributed by atoms with Crippen molar-refractivity contribution in [1.29, 1.82) is 0 Å². The number of aryl methyl sites for hydroxylation is 1. The molecule has 0 spiro atoms. The van der Waals surface area contributed by atoms with E-state index in [1.54, 1.807) is 50.5 Å². The van der Waals surface area contributed by atoms with Crippen molar-refractivity contribution >= 4 is 23.2 Å². The van der Waals surface area contributed by atoms with Crippen molar-refractivity contribution in [3.63, 3.8) is 0 Å². The van der Waals surface area contributed by atoms with Crippen LogP contribution in [0.1, 0.15) is 5.56 Å². The van der Waals surface area contributed by atoms with Crippen molar-refractivity contribution in [3.05, 3.63) is 52.4 Å². The molecule has 3 rings (SSSR count). The number of rotatable bonds is 3. The van der Waals surface area contributed by atoms with E-state index in [-0.39, 0.29) is 30.5 Å². The SMILES string of the molecule is Cc1cccn(CC(=O)Nc2ccc3c(c2)N(C)C(=O)CO3)c1=O. The molecule has 0 fully saturated rings. The average Bonchev–Trinajstić information content (AvgIpc) is 2.56. The zero-order valence-corrected chi connectivity index (χ0v) is 13.4. The fraction of sp³-hybridized carbons (Fsp3) is 0.235. The molecule has 2 heterocycles. The van der Waals surface area contributed by atoms with Crippen molar-refractivity contribution in [2.75, 3.05) is 23.9 Å². The largest absolute Gasteiger partial charge is 0.482 e. The van der Waals surface area contributed by atoms with Gasteiger partial charge in [-0.15, -0.1) is 0 Å². The van der Waals surface area contributed by atoms with E-state index in [4.69, 9.17) is 4.74 Å². The maximum absolute atomic E-state index is 12.2. The number of hydrogen-bond acceptors (Lipinski definition) is 4. The first-order valence-corrected chi connectivity index (χ1v) is 7.45. The summed E-state index contributed by atoms with van der Waals surface area (Å²) in [7, 11) is 1.65. The van der Waals surface area contributed by atoms with Crippen LogP contribution in [0.2, 0.25) is 0 Å². The Morgan fingerprint density at radius 2 is 2.08 bits per heavy atom. The van der Waals surface area contributed by atoms with Crippen LogP contribution >= 0.6 is 0 Å². The molecule has 0 unspecified atom stereocenters. The molecule has 124 valence electrons. The molecule has 1 aromatic carbocycles. The average molecular weight is 327 g/mol. The van der Waals surface area contributed by atoms with Crippen LogP contribution in [-0.2, 0) is 16.1 Å². The fourth-order valence-corrected chi connectivity index (χ4v) is 2.49. The Labute approximate surface area is 138 Å². The Balaban J connectivity index is 1.77. The summed E-state index contributed by atoms with van der Waals surface area (Å²) in [6, 6.07) is 8.49. The van der Waals surface area contributed by atoms with Crippen LogP contribution in [0.3, 0.4) is 0 Å². The number of amides is 2. The second kappa shape index (κ2) is 6.19. The maximum atomic E-state index is 12.2. The third kappa shape index (κ3) is 3.01. The number of benzene rings is 1. The Hall–Kier alpha value is -3.09. The third-order valence-corrected chi connectivity index (χ3v) is 3.85. The smallest absolute Gasteiger partial charge is 0.264 e. The van der Waals surface area contributed by atoms with Crippen molar-refractivity contribution in [1.82, 2.24) is 4.57 Å². The molecule has 1 N–H and O–H groups in total. The van der Waals surface area contributed by atoms with Crippen molar-refractivity contribution in [2.45, 2.75) is 13.5 Å². The lowest BCUT2D eigenvalue weighted by atomic mass is 10.2. The number of likely N-dealkylation sites (N-methyl/N-ethyl adjacent to an activating group) is 1. The highest BCUT2D eigenvalue weighted by molar-refractivity contribution is 5.99. The highest BCUT2D eigenvalue weighted by Gasteiger charge is 2.22. The van der Waals surface area contributed by atoms with Gasteiger partial charge >= 0.3 is 0 Å². The van der Waals surface area contributed by atoms with E-state index in [0.29, 0.717) is 22.7 Å². The molecule has 2 amide bonds. The molecule has 0 saturated heterocycles. The summed E-state index contributed by atoms with van der Waals surface area (Å²) in [5.41, 5.74) is 1.51. The number of hydrogen-bond donors (Lipinski definition) is 1. The lowest BCUT2D eigenvalue weighted by molar-refractivity contribution is -0.121. The van der Waals surface area contributed by atoms with Gasteiger partial charge in [0, 0.05) is 24.5 Å². The van der Waals surface area contributed by atoms with Crippen molar-refractivity contribution in [2.24, 2.45) is 0 Å². The molecule has 24 heavy (non-hydrogen) atoms. The highest BCUT2D eigenvalue weighted by Crippen LogP contribution is 2.33. The molecule has 0 aliphatic carbocycles. The normalized spacial score (nSPS) is 13.2. The predicted octanol–water partition coefficient (Wildman–Crippen LogP) is 1.15. The quantitative estimate of drug-likeness (QED) is 0.917. The third-order valence-electron chi connectivity index (χ3n) is 3.85. The second-order valence-electron chi connectivity index (χ2n) is 5.60. The maximum Gasteiger partial charge on any atom is 0.264 e. The van der Waals surface area contributed by atoms with E-state index in [2.05, 4.69) is 5.32 Å². The van der Waals surface area contributed by atoms with E-state index in [1.165, 1.54) is 9.47 Å². The summed E-state index contributed by atoms with van der Waals surface area (Å²) >= 11 is 0. The molecule has 7 nitrogen and oxygen atoms in total. The Bertz CT molecular complexity index is 872. The van der Waals surface area contributed by atoms with Crippen LogP contribution in [0.4, 0.5) is 11.4 Å². The zero-order valence-electron chi connectivity index (χ0n) is 13.4. The molecule has 1 aliphatic rings. The van der Waals surface area contributed by atoms with Crippen LogP contribution in [0.5, 0.6) is 5.75 Å². The standard InChI is InChI=1S/C17H17N3O4/c1-11-4-3-7-20(17(11)23)9-15(21)18-12-5-6-14-13(8-12)19(2)16(22)10-24-14/h3-8H,9-10H2,1-2H3,(H,18,21). The molecule has 2 aromatic rings. The summed E-state index contributed by atoms with van der Waals surface area (Å²) in [6.07, 6.45) is 1.57. The monoisotopic (exact) mass is 327 g/mol. The van der Waals surface area contributed by atoms with Gasteiger partial charge in [-0.3, -0.25) is 14.4 Å². The number of nitrogens with one attached hydrogen (secondary N) is 1. The summed E-state index contributed by atoms with van der Waals surface area (Å²) in [4.78, 5) is 37.3. The minimum absolute atomic E-state index is 0.00544. The van der Waals surface area contributed by atoms with Crippen LogP contribution < -0.4 is 20.5 Å². The lowest BCUT2D eigenvalue weighted by Gasteiger charge is -2.26. The van der Waals surface area contributed by atoms with Crippen LogP contribution in [-0.4, -0.2) is 30.0 Å². The van der Waals surface area contributed by atoms with Gasteiger partial charge in [0.05, 0.1) is 5.69 Å². The molecule has 1 aromatic heterocycles. The van der Waals surface area contributed by atoms with Gasteiger partial charge in [-0.25, -0.2) is 0 Å². The molecule has 7 heteroatoms. The topological polar surface area (TPSA) is 80.6 Å². The van der Waals surface area contributed by atoms with Crippen molar-refractivity contribution in [3.8, 4) is 5.75 Å². The number of ether oxygens (including phenoxy) is 1. The van der Waals surface area contributed by atoms with Gasteiger partial charge in [0.25, 0.3) is 11.5 Å². The van der Waals surface area contributed by atoms with Gasteiger partial charge in [-0.1, -0.05) is 6.07 Å². The summed E-state index contributed by atoms with van der Waals surface area (Å²) in [5, 5.41) is 2.73. The van der Waals surface area contributed by atoms with E-state index in [0.717, 1.165) is 0 Å².